The summed E-state index contributed by atoms with van der Waals surface area (Å²) in [6.07, 6.45) is 7.28. The largest absolute Gasteiger partial charge is 1.00 e. The summed E-state index contributed by atoms with van der Waals surface area (Å²) < 4.78 is 25.4. The second-order valence-electron chi connectivity index (χ2n) is 7.94. The maximum atomic E-state index is 11.7. The van der Waals surface area contributed by atoms with Crippen molar-refractivity contribution in [3.05, 3.63) is 12.2 Å². The van der Waals surface area contributed by atoms with Gasteiger partial charge in [0.2, 0.25) is 17.7 Å². The van der Waals surface area contributed by atoms with Gasteiger partial charge in [-0.1, -0.05) is 12.2 Å². The molecule has 0 saturated carbocycles. The fourth-order valence-corrected chi connectivity index (χ4v) is 2.72. The van der Waals surface area contributed by atoms with Gasteiger partial charge in [-0.25, -0.2) is 5.48 Å². The Labute approximate surface area is 296 Å². The zero-order chi connectivity index (χ0) is 30.8. The average Bonchev–Trinajstić information content (AvgIpc) is 2.96. The molecule has 0 radical (unpaired) electrons. The third-order valence-corrected chi connectivity index (χ3v) is 4.60. The van der Waals surface area contributed by atoms with Crippen LogP contribution in [0.3, 0.4) is 0 Å². The van der Waals surface area contributed by atoms with Crippen molar-refractivity contribution >= 4 is 43.2 Å². The summed E-state index contributed by atoms with van der Waals surface area (Å²) in [4.78, 5) is 54.2. The molecule has 0 heterocycles. The Kier molecular flexibility index (Phi) is 41.5. The number of nitrogens with two attached hydrogens (primary N) is 1. The number of hydroxylamine groups is 1. The summed E-state index contributed by atoms with van der Waals surface area (Å²) in [5.74, 6) is -0.553. The van der Waals surface area contributed by atoms with Crippen molar-refractivity contribution in [2.24, 2.45) is 5.73 Å². The fourth-order valence-electron chi connectivity index (χ4n) is 2.61. The summed E-state index contributed by atoms with van der Waals surface area (Å²) in [6, 6.07) is -0.593. The van der Waals surface area contributed by atoms with Crippen molar-refractivity contribution in [2.75, 3.05) is 79.0 Å². The van der Waals surface area contributed by atoms with Crippen LogP contribution in [0.2, 0.25) is 0 Å². The summed E-state index contributed by atoms with van der Waals surface area (Å²) in [7, 11) is 0. The molecule has 238 valence electrons. The molecule has 0 aromatic carbocycles. The Morgan fingerprint density at radius 1 is 0.786 bits per heavy atom. The third kappa shape index (κ3) is 37.2. The van der Waals surface area contributed by atoms with E-state index < -0.39 is 6.04 Å². The Bertz CT molecular complexity index is 711. The van der Waals surface area contributed by atoms with E-state index in [9.17, 15) is 19.2 Å². The predicted octanol–water partition coefficient (Wildman–Crippen LogP) is -4.76. The van der Waals surface area contributed by atoms with Crippen molar-refractivity contribution in [1.29, 1.82) is 0 Å². The van der Waals surface area contributed by atoms with E-state index in [1.54, 1.807) is 12.2 Å². The van der Waals surface area contributed by atoms with Crippen LogP contribution in [0.15, 0.2) is 12.2 Å². The van der Waals surface area contributed by atoms with E-state index in [2.05, 4.69) is 38.6 Å². The maximum absolute atomic E-state index is 11.7. The minimum Gasteiger partial charge on any atom is -0.598 e. The number of carbonyl (C=O) groups is 5. The third-order valence-electron chi connectivity index (χ3n) is 4.50. The zero-order valence-corrected chi connectivity index (χ0v) is 28.7. The quantitative estimate of drug-likeness (QED) is 0.0142. The minimum atomic E-state index is -0.593. The first-order valence-corrected chi connectivity index (χ1v) is 13.7. The number of amides is 3. The topological polar surface area (TPSA) is 206 Å². The second-order valence-corrected chi connectivity index (χ2v) is 8.11. The van der Waals surface area contributed by atoms with E-state index in [1.807, 2.05) is 0 Å². The van der Waals surface area contributed by atoms with Gasteiger partial charge in [0.15, 0.2) is 0 Å². The Morgan fingerprint density at radius 3 is 1.79 bits per heavy atom. The van der Waals surface area contributed by atoms with Crippen LogP contribution in [0, 0.1) is 0 Å². The van der Waals surface area contributed by atoms with Crippen molar-refractivity contribution in [1.82, 2.24) is 21.4 Å². The molecule has 42 heavy (non-hydrogen) atoms. The van der Waals surface area contributed by atoms with Crippen LogP contribution in [0.25, 0.3) is 0 Å². The fraction of sp³-hybridized carbons (Fsp3) is 0.720. The average molecular weight is 648 g/mol. The summed E-state index contributed by atoms with van der Waals surface area (Å²) in [6.45, 7) is 4.75. The maximum Gasteiger partial charge on any atom is 1.00 e. The molecule has 1 unspecified atom stereocenters. The molecule has 1 atom stereocenters. The number of carbonyl (C=O) groups excluding carboxylic acids is 5. The first-order valence-electron chi connectivity index (χ1n) is 13.3. The standard InChI is InChI=1S/C23H43N5O9S.C2H4O.K/c24-7-4-6-21(30)26-9-11-33-13-16-36-19-23(32)27-10-12-34-14-15-35-18-22(31)25-8-3-1-2-5-20(17-29)28-37-38;1-2-3;/h2,5,17,20,28,38H,1,3-4,6-16,18-19,24H2,(H,25,31)(H,26,30)(H,27,32);2H,1H3;/q;;+1/p-1. The number of aldehydes is 2. The number of ether oxygens (including phenoxy) is 4. The van der Waals surface area contributed by atoms with Gasteiger partial charge >= 0.3 is 51.4 Å². The predicted molar refractivity (Wildman–Crippen MR) is 152 cm³/mol. The van der Waals surface area contributed by atoms with Gasteiger partial charge in [0.05, 0.1) is 39.6 Å². The molecule has 17 heteroatoms. The van der Waals surface area contributed by atoms with Crippen molar-refractivity contribution in [2.45, 2.75) is 38.6 Å². The molecule has 0 aromatic rings. The molecule has 0 saturated heterocycles. The van der Waals surface area contributed by atoms with Crippen LogP contribution >= 0.6 is 0 Å². The van der Waals surface area contributed by atoms with E-state index >= 15 is 0 Å². The number of hydrogen-bond acceptors (Lipinski definition) is 13. The van der Waals surface area contributed by atoms with Gasteiger partial charge in [-0.3, -0.25) is 14.4 Å². The Balaban J connectivity index is -0.00000363. The molecule has 0 bridgehead atoms. The van der Waals surface area contributed by atoms with Gasteiger partial charge in [-0.2, -0.15) is 0 Å². The number of allylic oxidation sites excluding steroid dienone is 1. The number of hydrogen-bond donors (Lipinski definition) is 5. The molecule has 0 fully saturated rings. The van der Waals surface area contributed by atoms with Crippen LogP contribution in [0.4, 0.5) is 0 Å². The van der Waals surface area contributed by atoms with Crippen LogP contribution < -0.4 is 78.5 Å². The molecular formula is C25H46KN5O10S. The van der Waals surface area contributed by atoms with Crippen LogP contribution in [0.1, 0.15) is 32.6 Å². The van der Waals surface area contributed by atoms with Crippen molar-refractivity contribution in [3.8, 4) is 0 Å². The van der Waals surface area contributed by atoms with Crippen LogP contribution in [0.5, 0.6) is 0 Å². The molecule has 0 rings (SSSR count). The SMILES string of the molecule is CC=O.NCCCC(=O)NCCOCCOCC(=O)NCCOCCOCC(=O)NCCCC=CC(C=O)NO[S-].[K+]. The van der Waals surface area contributed by atoms with Gasteiger partial charge < -0.3 is 67.4 Å². The number of unbranched alkanes of at least 4 members (excludes halogenated alkanes) is 1. The monoisotopic (exact) mass is 647 g/mol. The van der Waals surface area contributed by atoms with Gasteiger partial charge in [0.25, 0.3) is 0 Å². The zero-order valence-electron chi connectivity index (χ0n) is 24.8. The molecule has 15 nitrogen and oxygen atoms in total. The van der Waals surface area contributed by atoms with Gasteiger partial charge in [-0.05, 0) is 32.7 Å². The van der Waals surface area contributed by atoms with E-state index in [-0.39, 0.29) is 102 Å². The van der Waals surface area contributed by atoms with Gasteiger partial charge in [0, 0.05) is 26.1 Å². The van der Waals surface area contributed by atoms with E-state index in [0.29, 0.717) is 78.0 Å². The van der Waals surface area contributed by atoms with Crippen LogP contribution in [-0.2, 0) is 60.1 Å². The number of nitrogens with one attached hydrogen (secondary N) is 4. The summed E-state index contributed by atoms with van der Waals surface area (Å²) in [5, 5.41) is 8.10. The summed E-state index contributed by atoms with van der Waals surface area (Å²) >= 11 is 4.26. The molecule has 0 aromatic heterocycles. The van der Waals surface area contributed by atoms with E-state index in [0.717, 1.165) is 6.29 Å². The molecule has 0 aliphatic carbocycles. The first-order chi connectivity index (χ1) is 19.9. The molecule has 0 spiro atoms. The van der Waals surface area contributed by atoms with Crippen molar-refractivity contribution in [3.63, 3.8) is 0 Å². The number of rotatable bonds is 27. The molecule has 0 aliphatic rings. The Hall–Kier alpha value is -0.804. The molecule has 6 N–H and O–H groups in total. The van der Waals surface area contributed by atoms with Crippen LogP contribution in [-0.4, -0.2) is 115 Å². The van der Waals surface area contributed by atoms with Gasteiger partial charge in [-0.15, -0.1) is 0 Å². The van der Waals surface area contributed by atoms with Gasteiger partial charge in [0.1, 0.15) is 31.8 Å². The molecular weight excluding hydrogens is 601 g/mol. The van der Waals surface area contributed by atoms with Crippen molar-refractivity contribution < 1.29 is 98.6 Å². The molecule has 3 amide bonds. The normalized spacial score (nSPS) is 11.0. The first kappa shape index (κ1) is 45.6. The smallest absolute Gasteiger partial charge is 0.598 e. The van der Waals surface area contributed by atoms with E-state index in [1.165, 1.54) is 6.92 Å². The Morgan fingerprint density at radius 2 is 1.29 bits per heavy atom. The second kappa shape index (κ2) is 38.2. The minimum absolute atomic E-state index is 0. The molecule has 0 aliphatic heterocycles. The summed E-state index contributed by atoms with van der Waals surface area (Å²) in [5.41, 5.74) is 7.68. The van der Waals surface area contributed by atoms with E-state index in [4.69, 9.17) is 29.5 Å².